The van der Waals surface area contributed by atoms with Crippen LogP contribution < -0.4 is 5.32 Å². The van der Waals surface area contributed by atoms with Gasteiger partial charge in [-0.3, -0.25) is 4.79 Å². The van der Waals surface area contributed by atoms with E-state index in [1.54, 1.807) is 6.08 Å². The van der Waals surface area contributed by atoms with E-state index in [1.807, 2.05) is 6.08 Å². The zero-order chi connectivity index (χ0) is 56.9. The minimum Gasteiger partial charge on any atom is -0.394 e. The number of hydrogen-bond donors (Lipinski definition) is 12. The van der Waals surface area contributed by atoms with E-state index in [0.717, 1.165) is 38.5 Å². The first-order valence-corrected chi connectivity index (χ1v) is 30.6. The molecule has 0 spiro atoms. The zero-order valence-corrected chi connectivity index (χ0v) is 47.7. The second kappa shape index (κ2) is 43.0. The Bertz CT molecular complexity index is 1530. The average Bonchev–Trinajstić information content (AvgIpc) is 3.48. The summed E-state index contributed by atoms with van der Waals surface area (Å²) in [5.74, 6) is -0.286. The Morgan fingerprint density at radius 1 is 0.449 bits per heavy atom. The number of hydrogen-bond acceptors (Lipinski definition) is 18. The molecule has 78 heavy (non-hydrogen) atoms. The van der Waals surface area contributed by atoms with Gasteiger partial charge in [0.1, 0.15) is 73.2 Å². The van der Waals surface area contributed by atoms with Crippen LogP contribution in [0.2, 0.25) is 0 Å². The number of unbranched alkanes of at least 4 members (excludes halogenated alkanes) is 27. The highest BCUT2D eigenvalue weighted by atomic mass is 16.8. The fourth-order valence-electron chi connectivity index (χ4n) is 10.4. The third kappa shape index (κ3) is 26.7. The summed E-state index contributed by atoms with van der Waals surface area (Å²) in [6, 6.07) is -0.984. The topological polar surface area (TPSA) is 307 Å². The van der Waals surface area contributed by atoms with Crippen molar-refractivity contribution in [2.45, 2.75) is 317 Å². The van der Waals surface area contributed by atoms with Crippen LogP contribution in [0, 0.1) is 0 Å². The second-order valence-corrected chi connectivity index (χ2v) is 22.2. The van der Waals surface area contributed by atoms with E-state index < -0.39 is 124 Å². The number of rotatable bonds is 45. The molecule has 0 aliphatic carbocycles. The van der Waals surface area contributed by atoms with E-state index in [-0.39, 0.29) is 18.9 Å². The lowest BCUT2D eigenvalue weighted by atomic mass is 9.96. The molecule has 19 nitrogen and oxygen atoms in total. The third-order valence-electron chi connectivity index (χ3n) is 15.5. The van der Waals surface area contributed by atoms with Crippen LogP contribution in [0.25, 0.3) is 0 Å². The first kappa shape index (κ1) is 70.5. The van der Waals surface area contributed by atoms with Gasteiger partial charge in [-0.15, -0.1) is 0 Å². The minimum absolute atomic E-state index is 0.239. The SMILES string of the molecule is CCCCCCCCCCCCCCCCCC/C=C/CC/C=C/C(O)C(COC1OC(CO)C(OC2OC(CO)C(OC3OC(CO)C(O)C(O)C3O)C(O)C2O)C(O)C1O)NC(=O)CCCCCCCCCCCCC. The molecule has 0 radical (unpaired) electrons. The Kier molecular flexibility index (Phi) is 38.9. The van der Waals surface area contributed by atoms with Crippen LogP contribution in [0.1, 0.15) is 213 Å². The lowest BCUT2D eigenvalue weighted by Gasteiger charge is -2.48. The molecule has 19 heteroatoms. The van der Waals surface area contributed by atoms with E-state index >= 15 is 0 Å². The Hall–Kier alpha value is -1.73. The quantitative estimate of drug-likeness (QED) is 0.0263. The molecule has 3 aliphatic rings. The Morgan fingerprint density at radius 3 is 1.28 bits per heavy atom. The van der Waals surface area contributed by atoms with E-state index in [0.29, 0.717) is 12.8 Å². The van der Waals surface area contributed by atoms with Gasteiger partial charge in [0.15, 0.2) is 18.9 Å². The number of carbonyl (C=O) groups is 1. The third-order valence-corrected chi connectivity index (χ3v) is 15.5. The summed E-state index contributed by atoms with van der Waals surface area (Å²) in [6.07, 6.45) is 17.5. The van der Waals surface area contributed by atoms with Crippen molar-refractivity contribution in [2.24, 2.45) is 0 Å². The largest absolute Gasteiger partial charge is 0.394 e. The van der Waals surface area contributed by atoms with Crippen LogP contribution in [0.5, 0.6) is 0 Å². The van der Waals surface area contributed by atoms with Gasteiger partial charge in [0.2, 0.25) is 5.91 Å². The molecular formula is C59H109NO18. The van der Waals surface area contributed by atoms with Crippen molar-refractivity contribution in [3.8, 4) is 0 Å². The van der Waals surface area contributed by atoms with E-state index in [9.17, 15) is 61.0 Å². The maximum absolute atomic E-state index is 13.3. The van der Waals surface area contributed by atoms with Crippen molar-refractivity contribution in [3.63, 3.8) is 0 Å². The van der Waals surface area contributed by atoms with Crippen LogP contribution >= 0.6 is 0 Å². The van der Waals surface area contributed by atoms with Gasteiger partial charge >= 0.3 is 0 Å². The average molecular weight is 1120 g/mol. The first-order chi connectivity index (χ1) is 37.8. The molecule has 3 saturated heterocycles. The summed E-state index contributed by atoms with van der Waals surface area (Å²) in [5.41, 5.74) is 0. The molecule has 3 rings (SSSR count). The lowest BCUT2D eigenvalue weighted by molar-refractivity contribution is -0.379. The fourth-order valence-corrected chi connectivity index (χ4v) is 10.4. The molecule has 0 bridgehead atoms. The summed E-state index contributed by atoms with van der Waals surface area (Å²) < 4.78 is 34.2. The number of ether oxygens (including phenoxy) is 6. The highest BCUT2D eigenvalue weighted by Crippen LogP contribution is 2.33. The molecular weight excluding hydrogens is 1010 g/mol. The highest BCUT2D eigenvalue weighted by molar-refractivity contribution is 5.76. The summed E-state index contributed by atoms with van der Waals surface area (Å²) in [6.45, 7) is 1.69. The predicted octanol–water partition coefficient (Wildman–Crippen LogP) is 5.54. The van der Waals surface area contributed by atoms with Gasteiger partial charge in [0, 0.05) is 6.42 Å². The van der Waals surface area contributed by atoms with Crippen molar-refractivity contribution >= 4 is 5.91 Å². The van der Waals surface area contributed by atoms with Crippen molar-refractivity contribution in [3.05, 3.63) is 24.3 Å². The van der Waals surface area contributed by atoms with Gasteiger partial charge in [-0.05, 0) is 32.1 Å². The minimum atomic E-state index is -1.98. The monoisotopic (exact) mass is 1120 g/mol. The van der Waals surface area contributed by atoms with Crippen LogP contribution in [0.15, 0.2) is 24.3 Å². The fraction of sp³-hybridized carbons (Fsp3) is 0.915. The van der Waals surface area contributed by atoms with E-state index in [2.05, 4.69) is 31.3 Å². The summed E-state index contributed by atoms with van der Waals surface area (Å²) in [5, 5.41) is 120. The van der Waals surface area contributed by atoms with Crippen LogP contribution in [0.3, 0.4) is 0 Å². The molecule has 3 aliphatic heterocycles. The Balaban J connectivity index is 1.49. The van der Waals surface area contributed by atoms with Crippen molar-refractivity contribution in [2.75, 3.05) is 26.4 Å². The molecule has 0 aromatic heterocycles. The molecule has 1 amide bonds. The van der Waals surface area contributed by atoms with E-state index in [1.165, 1.54) is 141 Å². The van der Waals surface area contributed by atoms with Gasteiger partial charge in [0.25, 0.3) is 0 Å². The molecule has 12 N–H and O–H groups in total. The first-order valence-electron chi connectivity index (χ1n) is 30.6. The Labute approximate surface area is 467 Å². The molecule has 0 saturated carbocycles. The maximum Gasteiger partial charge on any atom is 0.220 e. The van der Waals surface area contributed by atoms with Gasteiger partial charge in [-0.1, -0.05) is 199 Å². The zero-order valence-electron chi connectivity index (χ0n) is 47.7. The van der Waals surface area contributed by atoms with Crippen LogP contribution in [-0.2, 0) is 33.2 Å². The van der Waals surface area contributed by atoms with Crippen LogP contribution in [0.4, 0.5) is 0 Å². The summed E-state index contributed by atoms with van der Waals surface area (Å²) >= 11 is 0. The van der Waals surface area contributed by atoms with Gasteiger partial charge < -0.3 is 89.9 Å². The lowest BCUT2D eigenvalue weighted by Crippen LogP contribution is -2.66. The predicted molar refractivity (Wildman–Crippen MR) is 296 cm³/mol. The summed E-state index contributed by atoms with van der Waals surface area (Å²) in [4.78, 5) is 13.3. The highest BCUT2D eigenvalue weighted by Gasteiger charge is 2.53. The maximum atomic E-state index is 13.3. The molecule has 458 valence electrons. The molecule has 17 atom stereocenters. The number of nitrogens with one attached hydrogen (secondary N) is 1. The molecule has 0 aromatic rings. The van der Waals surface area contributed by atoms with Crippen molar-refractivity contribution < 1.29 is 89.4 Å². The standard InChI is InChI=1S/C59H109NO18/c1-3-5-7-9-11-13-15-16-17-18-19-20-21-22-23-24-25-27-28-30-32-34-36-43(64)42(60-47(65)37-35-33-31-29-26-14-12-10-8-6-4-2)41-73-57-53(71)50(68)55(45(39-62)75-57)78-59-54(72)51(69)56(46(40-63)76-59)77-58-52(70)49(67)48(66)44(38-61)74-58/h27-28,34,36,42-46,48-59,61-64,66-72H,3-26,29-33,35,37-41H2,1-2H3,(H,60,65)/b28-27+,36-34+. The number of carbonyl (C=O) groups excluding carboxylic acids is 1. The molecule has 3 fully saturated rings. The molecule has 3 heterocycles. The smallest absolute Gasteiger partial charge is 0.220 e. The van der Waals surface area contributed by atoms with Crippen LogP contribution in [-0.4, -0.2) is 193 Å². The van der Waals surface area contributed by atoms with Crippen molar-refractivity contribution in [1.29, 1.82) is 0 Å². The number of aliphatic hydroxyl groups excluding tert-OH is 11. The number of amides is 1. The molecule has 0 aromatic carbocycles. The normalized spacial score (nSPS) is 30.6. The van der Waals surface area contributed by atoms with Gasteiger partial charge in [0.05, 0.1) is 38.6 Å². The van der Waals surface area contributed by atoms with Crippen molar-refractivity contribution in [1.82, 2.24) is 5.32 Å². The van der Waals surface area contributed by atoms with Gasteiger partial charge in [-0.25, -0.2) is 0 Å². The number of allylic oxidation sites excluding steroid dienone is 3. The second-order valence-electron chi connectivity index (χ2n) is 22.2. The van der Waals surface area contributed by atoms with Gasteiger partial charge in [-0.2, -0.15) is 0 Å². The van der Waals surface area contributed by atoms with E-state index in [4.69, 9.17) is 28.4 Å². The Morgan fingerprint density at radius 2 is 0.821 bits per heavy atom. The number of aliphatic hydroxyl groups is 11. The summed E-state index contributed by atoms with van der Waals surface area (Å²) in [7, 11) is 0. The molecule has 17 unspecified atom stereocenters.